The fourth-order valence-corrected chi connectivity index (χ4v) is 2.59. The van der Waals surface area contributed by atoms with Gasteiger partial charge in [-0.3, -0.25) is 0 Å². The molecule has 0 bridgehead atoms. The van der Waals surface area contributed by atoms with Gasteiger partial charge in [0.15, 0.2) is 0 Å². The van der Waals surface area contributed by atoms with E-state index in [0.29, 0.717) is 6.61 Å². The van der Waals surface area contributed by atoms with Crippen molar-refractivity contribution in [2.24, 2.45) is 5.92 Å². The first-order chi connectivity index (χ1) is 10.2. The van der Waals surface area contributed by atoms with E-state index in [4.69, 9.17) is 16.3 Å². The number of nitrogens with zero attached hydrogens (tertiary/aromatic N) is 1. The third-order valence-electron chi connectivity index (χ3n) is 3.55. The van der Waals surface area contributed by atoms with Gasteiger partial charge >= 0.3 is 0 Å². The fraction of sp³-hybridized carbons (Fsp3) is 0.500. The van der Waals surface area contributed by atoms with Crippen LogP contribution >= 0.6 is 11.6 Å². The number of methoxy groups -OCH3 is 1. The van der Waals surface area contributed by atoms with Crippen LogP contribution in [0, 0.1) is 5.92 Å². The van der Waals surface area contributed by atoms with Gasteiger partial charge in [0.05, 0.1) is 6.61 Å². The summed E-state index contributed by atoms with van der Waals surface area (Å²) in [6.07, 6.45) is 2.15. The molecule has 0 radical (unpaired) electrons. The maximum atomic E-state index is 9.26. The van der Waals surface area contributed by atoms with Gasteiger partial charge in [-0.25, -0.2) is 0 Å². The molecule has 0 saturated carbocycles. The number of rotatable bonds is 8. The van der Waals surface area contributed by atoms with E-state index in [1.54, 1.807) is 7.11 Å². The van der Waals surface area contributed by atoms with Gasteiger partial charge in [0, 0.05) is 55.5 Å². The van der Waals surface area contributed by atoms with E-state index in [-0.39, 0.29) is 12.5 Å². The number of nitrogens with one attached hydrogen (secondary N) is 1. The zero-order chi connectivity index (χ0) is 15.2. The van der Waals surface area contributed by atoms with Crippen LogP contribution in [0.15, 0.2) is 24.4 Å². The molecule has 2 N–H and O–H groups in total. The first kappa shape index (κ1) is 16.3. The van der Waals surface area contributed by atoms with Gasteiger partial charge < -0.3 is 19.7 Å². The third-order valence-corrected chi connectivity index (χ3v) is 3.78. The van der Waals surface area contributed by atoms with Crippen molar-refractivity contribution in [3.8, 4) is 0 Å². The Morgan fingerprint density at radius 1 is 1.43 bits per heavy atom. The molecule has 1 atom stereocenters. The van der Waals surface area contributed by atoms with Crippen molar-refractivity contribution in [2.45, 2.75) is 20.0 Å². The maximum absolute atomic E-state index is 9.26. The van der Waals surface area contributed by atoms with Crippen molar-refractivity contribution >= 4 is 22.5 Å². The predicted octanol–water partition coefficient (Wildman–Crippen LogP) is 2.66. The molecule has 116 valence electrons. The molecular weight excluding hydrogens is 288 g/mol. The highest BCUT2D eigenvalue weighted by atomic mass is 35.5. The topological polar surface area (TPSA) is 46.4 Å². The molecule has 21 heavy (non-hydrogen) atoms. The molecule has 1 heterocycles. The minimum Gasteiger partial charge on any atom is -0.396 e. The minimum atomic E-state index is 0.182. The van der Waals surface area contributed by atoms with E-state index in [2.05, 4.69) is 22.1 Å². The molecule has 2 aromatic rings. The van der Waals surface area contributed by atoms with Gasteiger partial charge in [-0.1, -0.05) is 24.6 Å². The molecule has 0 aliphatic rings. The number of benzene rings is 1. The SMILES string of the molecule is COCCNCc1cn(CC(C)CO)c2cc(Cl)ccc12. The van der Waals surface area contributed by atoms with Crippen LogP contribution in [0.5, 0.6) is 0 Å². The summed E-state index contributed by atoms with van der Waals surface area (Å²) >= 11 is 6.12. The first-order valence-electron chi connectivity index (χ1n) is 7.23. The van der Waals surface area contributed by atoms with E-state index >= 15 is 0 Å². The van der Waals surface area contributed by atoms with E-state index in [0.717, 1.165) is 30.2 Å². The van der Waals surface area contributed by atoms with Crippen molar-refractivity contribution in [2.75, 3.05) is 26.9 Å². The van der Waals surface area contributed by atoms with Gasteiger partial charge in [0.25, 0.3) is 0 Å². The number of hydrogen-bond acceptors (Lipinski definition) is 3. The Hall–Kier alpha value is -1.07. The molecule has 0 fully saturated rings. The standard InChI is InChI=1S/C16H23ClN2O2/c1-12(11-20)9-19-10-13(8-18-5-6-21-2)15-4-3-14(17)7-16(15)19/h3-4,7,10,12,18,20H,5-6,8-9,11H2,1-2H3. The van der Waals surface area contributed by atoms with Crippen molar-refractivity contribution in [3.05, 3.63) is 35.0 Å². The number of fused-ring (bicyclic) bond motifs is 1. The van der Waals surface area contributed by atoms with Crippen molar-refractivity contribution in [3.63, 3.8) is 0 Å². The average molecular weight is 311 g/mol. The highest BCUT2D eigenvalue weighted by Crippen LogP contribution is 2.25. The summed E-state index contributed by atoms with van der Waals surface area (Å²) in [6.45, 7) is 5.32. The molecule has 0 aliphatic carbocycles. The molecule has 0 saturated heterocycles. The molecule has 2 rings (SSSR count). The second-order valence-electron chi connectivity index (χ2n) is 5.43. The highest BCUT2D eigenvalue weighted by molar-refractivity contribution is 6.31. The lowest BCUT2D eigenvalue weighted by atomic mass is 10.1. The van der Waals surface area contributed by atoms with Gasteiger partial charge in [-0.05, 0) is 23.6 Å². The van der Waals surface area contributed by atoms with Crippen molar-refractivity contribution in [1.29, 1.82) is 0 Å². The summed E-state index contributed by atoms with van der Waals surface area (Å²) in [5.74, 6) is 0.217. The smallest absolute Gasteiger partial charge is 0.0587 e. The van der Waals surface area contributed by atoms with E-state index < -0.39 is 0 Å². The molecule has 1 aromatic carbocycles. The van der Waals surface area contributed by atoms with Crippen molar-refractivity contribution in [1.82, 2.24) is 9.88 Å². The molecule has 1 unspecified atom stereocenters. The summed E-state index contributed by atoms with van der Waals surface area (Å²) < 4.78 is 7.22. The predicted molar refractivity (Wildman–Crippen MR) is 86.8 cm³/mol. The van der Waals surface area contributed by atoms with Crippen LogP contribution in [0.25, 0.3) is 10.9 Å². The summed E-state index contributed by atoms with van der Waals surface area (Å²) in [5, 5.41) is 14.6. The minimum absolute atomic E-state index is 0.182. The lowest BCUT2D eigenvalue weighted by Crippen LogP contribution is -2.18. The van der Waals surface area contributed by atoms with Crippen LogP contribution in [0.4, 0.5) is 0 Å². The molecular formula is C16H23ClN2O2. The van der Waals surface area contributed by atoms with E-state index in [9.17, 15) is 5.11 Å². The second-order valence-corrected chi connectivity index (χ2v) is 5.86. The molecule has 1 aromatic heterocycles. The molecule has 5 heteroatoms. The lowest BCUT2D eigenvalue weighted by Gasteiger charge is -2.10. The zero-order valence-corrected chi connectivity index (χ0v) is 13.4. The van der Waals surface area contributed by atoms with Crippen LogP contribution < -0.4 is 5.32 Å². The quantitative estimate of drug-likeness (QED) is 0.737. The molecule has 0 spiro atoms. The van der Waals surface area contributed by atoms with Gasteiger partial charge in [-0.2, -0.15) is 0 Å². The summed E-state index contributed by atoms with van der Waals surface area (Å²) in [6, 6.07) is 5.97. The summed E-state index contributed by atoms with van der Waals surface area (Å²) in [5.41, 5.74) is 2.36. The Labute approximate surface area is 130 Å². The fourth-order valence-electron chi connectivity index (χ4n) is 2.42. The second kappa shape index (κ2) is 7.80. The molecule has 4 nitrogen and oxygen atoms in total. The molecule has 0 aliphatic heterocycles. The normalized spacial score (nSPS) is 13.0. The van der Waals surface area contributed by atoms with Crippen LogP contribution in [-0.4, -0.2) is 36.5 Å². The highest BCUT2D eigenvalue weighted by Gasteiger charge is 2.11. The van der Waals surface area contributed by atoms with Crippen LogP contribution in [0.3, 0.4) is 0 Å². The Morgan fingerprint density at radius 3 is 2.95 bits per heavy atom. The number of hydrogen-bond donors (Lipinski definition) is 2. The largest absolute Gasteiger partial charge is 0.396 e. The average Bonchev–Trinajstić information content (AvgIpc) is 2.81. The lowest BCUT2D eigenvalue weighted by molar-refractivity contribution is 0.199. The maximum Gasteiger partial charge on any atom is 0.0587 e. The number of ether oxygens (including phenoxy) is 1. The van der Waals surface area contributed by atoms with Gasteiger partial charge in [0.2, 0.25) is 0 Å². The van der Waals surface area contributed by atoms with Gasteiger partial charge in [-0.15, -0.1) is 0 Å². The Kier molecular flexibility index (Phi) is 6.06. The Morgan fingerprint density at radius 2 is 2.24 bits per heavy atom. The van der Waals surface area contributed by atoms with Crippen LogP contribution in [-0.2, 0) is 17.8 Å². The Bertz CT molecular complexity index is 583. The molecule has 0 amide bonds. The van der Waals surface area contributed by atoms with Gasteiger partial charge in [0.1, 0.15) is 0 Å². The summed E-state index contributed by atoms with van der Waals surface area (Å²) in [4.78, 5) is 0. The first-order valence-corrected chi connectivity index (χ1v) is 7.61. The number of aromatic nitrogens is 1. The monoisotopic (exact) mass is 310 g/mol. The van der Waals surface area contributed by atoms with E-state index in [1.165, 1.54) is 10.9 Å². The van der Waals surface area contributed by atoms with Crippen LogP contribution in [0.1, 0.15) is 12.5 Å². The van der Waals surface area contributed by atoms with E-state index in [1.807, 2.05) is 19.1 Å². The number of aliphatic hydroxyl groups is 1. The number of halogens is 1. The van der Waals surface area contributed by atoms with Crippen LogP contribution in [0.2, 0.25) is 5.02 Å². The third kappa shape index (κ3) is 4.20. The zero-order valence-electron chi connectivity index (χ0n) is 12.6. The Balaban J connectivity index is 2.24. The summed E-state index contributed by atoms with van der Waals surface area (Å²) in [7, 11) is 1.70. The number of aliphatic hydroxyl groups excluding tert-OH is 1. The van der Waals surface area contributed by atoms with Crippen molar-refractivity contribution < 1.29 is 9.84 Å².